The van der Waals surface area contributed by atoms with Crippen LogP contribution >= 0.6 is 23.1 Å². The predicted molar refractivity (Wildman–Crippen MR) is 127 cm³/mol. The summed E-state index contributed by atoms with van der Waals surface area (Å²) in [7, 11) is 0. The van der Waals surface area contributed by atoms with Gasteiger partial charge in [0.05, 0.1) is 10.6 Å². The van der Waals surface area contributed by atoms with Gasteiger partial charge < -0.3 is 14.8 Å². The Balaban J connectivity index is 1.38. The van der Waals surface area contributed by atoms with Gasteiger partial charge in [-0.3, -0.25) is 14.2 Å². The summed E-state index contributed by atoms with van der Waals surface area (Å²) in [5.41, 5.74) is 1.69. The van der Waals surface area contributed by atoms with Crippen molar-refractivity contribution in [2.45, 2.75) is 42.6 Å². The zero-order valence-corrected chi connectivity index (χ0v) is 19.3. The first-order chi connectivity index (χ1) is 15.5. The molecule has 1 atom stereocenters. The van der Waals surface area contributed by atoms with Crippen LogP contribution in [-0.4, -0.2) is 33.9 Å². The van der Waals surface area contributed by atoms with Crippen LogP contribution in [0, 0.1) is 0 Å². The van der Waals surface area contributed by atoms with Gasteiger partial charge >= 0.3 is 0 Å². The molecule has 1 unspecified atom stereocenters. The number of anilines is 1. The van der Waals surface area contributed by atoms with Crippen molar-refractivity contribution in [3.63, 3.8) is 0 Å². The fourth-order valence-corrected chi connectivity index (χ4v) is 5.66. The van der Waals surface area contributed by atoms with Gasteiger partial charge in [-0.25, -0.2) is 4.98 Å². The lowest BCUT2D eigenvalue weighted by atomic mass is 10.1. The van der Waals surface area contributed by atoms with Gasteiger partial charge in [0.2, 0.25) is 5.91 Å². The molecule has 5 rings (SSSR count). The number of hydrogen-bond acceptors (Lipinski definition) is 7. The Kier molecular flexibility index (Phi) is 5.69. The van der Waals surface area contributed by atoms with E-state index in [-0.39, 0.29) is 11.5 Å². The molecule has 1 N–H and O–H groups in total. The lowest BCUT2D eigenvalue weighted by molar-refractivity contribution is -0.115. The smallest absolute Gasteiger partial charge is 0.263 e. The Morgan fingerprint density at radius 1 is 1.38 bits per heavy atom. The van der Waals surface area contributed by atoms with Gasteiger partial charge in [-0.1, -0.05) is 17.8 Å². The van der Waals surface area contributed by atoms with Gasteiger partial charge in [-0.15, -0.1) is 17.9 Å². The van der Waals surface area contributed by atoms with E-state index in [2.05, 4.69) is 17.3 Å². The van der Waals surface area contributed by atoms with Gasteiger partial charge in [-0.05, 0) is 48.8 Å². The van der Waals surface area contributed by atoms with Gasteiger partial charge in [-0.2, -0.15) is 0 Å². The quantitative estimate of drug-likeness (QED) is 0.314. The lowest BCUT2D eigenvalue weighted by Crippen LogP contribution is -2.27. The summed E-state index contributed by atoms with van der Waals surface area (Å²) < 4.78 is 12.7. The number of fused-ring (bicyclic) bond motifs is 2. The largest absolute Gasteiger partial charge is 0.486 e. The van der Waals surface area contributed by atoms with Crippen molar-refractivity contribution in [1.29, 1.82) is 0 Å². The summed E-state index contributed by atoms with van der Waals surface area (Å²) in [5.74, 6) is 1.58. The first-order valence-corrected chi connectivity index (χ1v) is 12.3. The van der Waals surface area contributed by atoms with Crippen LogP contribution in [0.4, 0.5) is 5.69 Å². The predicted octanol–water partition coefficient (Wildman–Crippen LogP) is 4.41. The average molecular weight is 470 g/mol. The number of nitrogens with zero attached hydrogens (tertiary/aromatic N) is 2. The van der Waals surface area contributed by atoms with Crippen molar-refractivity contribution in [1.82, 2.24) is 9.55 Å². The summed E-state index contributed by atoms with van der Waals surface area (Å²) in [6, 6.07) is 5.33. The van der Waals surface area contributed by atoms with Crippen LogP contribution in [0.2, 0.25) is 0 Å². The molecular weight excluding hydrogens is 446 g/mol. The molecule has 2 aliphatic rings. The van der Waals surface area contributed by atoms with Crippen LogP contribution in [0.3, 0.4) is 0 Å². The number of nitrogens with one attached hydrogen (secondary N) is 1. The van der Waals surface area contributed by atoms with E-state index in [9.17, 15) is 9.59 Å². The Morgan fingerprint density at radius 2 is 2.16 bits per heavy atom. The number of carbonyl (C=O) groups excluding carboxylic acids is 1. The molecule has 1 aromatic carbocycles. The number of thioether (sulfide) groups is 1. The molecule has 0 radical (unpaired) electrons. The number of allylic oxidation sites excluding steroid dienone is 1. The van der Waals surface area contributed by atoms with E-state index in [1.807, 2.05) is 0 Å². The SMILES string of the molecule is C=CCn1c(SC(C)C(=O)Nc2ccc3c(c2)OCCO3)nc2scc(C3CC3)c2c1=O. The highest BCUT2D eigenvalue weighted by Gasteiger charge is 2.29. The summed E-state index contributed by atoms with van der Waals surface area (Å²) in [5, 5.41) is 5.75. The molecule has 0 saturated heterocycles. The topological polar surface area (TPSA) is 82.5 Å². The van der Waals surface area contributed by atoms with Crippen LogP contribution in [0.5, 0.6) is 11.5 Å². The van der Waals surface area contributed by atoms with E-state index in [0.29, 0.717) is 48.0 Å². The van der Waals surface area contributed by atoms with Gasteiger partial charge in [0.1, 0.15) is 18.0 Å². The van der Waals surface area contributed by atoms with Gasteiger partial charge in [0.25, 0.3) is 5.56 Å². The van der Waals surface area contributed by atoms with E-state index in [4.69, 9.17) is 14.5 Å². The third kappa shape index (κ3) is 4.02. The van der Waals surface area contributed by atoms with Crippen LogP contribution in [-0.2, 0) is 11.3 Å². The molecule has 1 amide bonds. The number of rotatable bonds is 7. The maximum atomic E-state index is 13.3. The van der Waals surface area contributed by atoms with Crippen molar-refractivity contribution in [2.24, 2.45) is 0 Å². The zero-order chi connectivity index (χ0) is 22.2. The van der Waals surface area contributed by atoms with Crippen molar-refractivity contribution in [2.75, 3.05) is 18.5 Å². The summed E-state index contributed by atoms with van der Waals surface area (Å²) >= 11 is 2.77. The van der Waals surface area contributed by atoms with Crippen LogP contribution in [0.25, 0.3) is 10.2 Å². The van der Waals surface area contributed by atoms with Crippen molar-refractivity contribution in [3.8, 4) is 11.5 Å². The number of thiophene rings is 1. The molecule has 32 heavy (non-hydrogen) atoms. The highest BCUT2D eigenvalue weighted by molar-refractivity contribution is 8.00. The fourth-order valence-electron chi connectivity index (χ4n) is 3.68. The average Bonchev–Trinajstić information content (AvgIpc) is 3.55. The number of ether oxygens (including phenoxy) is 2. The molecule has 1 aliphatic heterocycles. The Labute approximate surface area is 193 Å². The molecule has 166 valence electrons. The highest BCUT2D eigenvalue weighted by Crippen LogP contribution is 2.44. The van der Waals surface area contributed by atoms with E-state index in [0.717, 1.165) is 28.6 Å². The minimum Gasteiger partial charge on any atom is -0.486 e. The Morgan fingerprint density at radius 3 is 2.91 bits per heavy atom. The van der Waals surface area contributed by atoms with Gasteiger partial charge in [0.15, 0.2) is 16.7 Å². The summed E-state index contributed by atoms with van der Waals surface area (Å²) in [6.07, 6.45) is 3.93. The lowest BCUT2D eigenvalue weighted by Gasteiger charge is -2.19. The Hall–Kier alpha value is -2.78. The maximum absolute atomic E-state index is 13.3. The normalized spacial score (nSPS) is 16.0. The molecule has 9 heteroatoms. The molecule has 3 heterocycles. The molecule has 1 aliphatic carbocycles. The minimum atomic E-state index is -0.466. The molecule has 7 nitrogen and oxygen atoms in total. The van der Waals surface area contributed by atoms with Crippen molar-refractivity contribution in [3.05, 3.63) is 52.2 Å². The molecule has 3 aromatic rings. The number of hydrogen-bond donors (Lipinski definition) is 1. The molecule has 1 saturated carbocycles. The first-order valence-electron chi connectivity index (χ1n) is 10.5. The van der Waals surface area contributed by atoms with Crippen LogP contribution < -0.4 is 20.3 Å². The Bertz CT molecular complexity index is 1260. The molecule has 0 bridgehead atoms. The standard InChI is InChI=1S/C23H23N3O4S2/c1-3-8-26-22(28)19-16(14-4-5-14)12-31-21(19)25-23(26)32-13(2)20(27)24-15-6-7-17-18(11-15)30-10-9-29-17/h3,6-7,11-14H,1,4-5,8-10H2,2H3,(H,24,27). The third-order valence-electron chi connectivity index (χ3n) is 5.48. The zero-order valence-electron chi connectivity index (χ0n) is 17.6. The van der Waals surface area contributed by atoms with Crippen LogP contribution in [0.1, 0.15) is 31.2 Å². The summed E-state index contributed by atoms with van der Waals surface area (Å²) in [4.78, 5) is 31.6. The van der Waals surface area contributed by atoms with E-state index < -0.39 is 5.25 Å². The minimum absolute atomic E-state index is 0.0556. The van der Waals surface area contributed by atoms with E-state index in [1.165, 1.54) is 23.1 Å². The van der Waals surface area contributed by atoms with Crippen molar-refractivity contribution >= 4 is 44.9 Å². The van der Waals surface area contributed by atoms with E-state index in [1.54, 1.807) is 35.8 Å². The fraction of sp³-hybridized carbons (Fsp3) is 0.348. The maximum Gasteiger partial charge on any atom is 0.263 e. The number of amides is 1. The third-order valence-corrected chi connectivity index (χ3v) is 7.46. The molecule has 0 spiro atoms. The highest BCUT2D eigenvalue weighted by atomic mass is 32.2. The first kappa shape index (κ1) is 21.1. The van der Waals surface area contributed by atoms with Gasteiger partial charge in [0, 0.05) is 18.3 Å². The second-order valence-corrected chi connectivity index (χ2v) is 10.0. The number of aromatic nitrogens is 2. The monoisotopic (exact) mass is 469 g/mol. The molecular formula is C23H23N3O4S2. The number of benzene rings is 1. The van der Waals surface area contributed by atoms with E-state index >= 15 is 0 Å². The molecule has 1 fully saturated rings. The van der Waals surface area contributed by atoms with Crippen LogP contribution in [0.15, 0.2) is 46.2 Å². The number of carbonyl (C=O) groups is 1. The second kappa shape index (κ2) is 8.63. The molecule has 2 aromatic heterocycles. The second-order valence-electron chi connectivity index (χ2n) is 7.85. The van der Waals surface area contributed by atoms with Crippen molar-refractivity contribution < 1.29 is 14.3 Å². The summed E-state index contributed by atoms with van der Waals surface area (Å²) in [6.45, 7) is 6.93.